The van der Waals surface area contributed by atoms with Crippen LogP contribution in [0.5, 0.6) is 0 Å². The average molecular weight is 155 g/mol. The minimum Gasteiger partial charge on any atom is -0.396 e. The van der Waals surface area contributed by atoms with Gasteiger partial charge in [-0.15, -0.1) is 0 Å². The zero-order chi connectivity index (χ0) is 8.27. The lowest BCUT2D eigenvalue weighted by Crippen LogP contribution is -2.08. The summed E-state index contributed by atoms with van der Waals surface area (Å²) in [5, 5.41) is 12.5. The van der Waals surface area contributed by atoms with Crippen LogP contribution in [0.25, 0.3) is 10.4 Å². The normalized spacial score (nSPS) is 36.7. The van der Waals surface area contributed by atoms with Crippen molar-refractivity contribution < 1.29 is 5.11 Å². The monoisotopic (exact) mass is 155 g/mol. The van der Waals surface area contributed by atoms with Crippen LogP contribution in [0.15, 0.2) is 5.11 Å². The van der Waals surface area contributed by atoms with Crippen LogP contribution in [-0.4, -0.2) is 17.8 Å². The van der Waals surface area contributed by atoms with Crippen LogP contribution in [-0.2, 0) is 0 Å². The second-order valence-corrected chi connectivity index (χ2v) is 3.25. The molecule has 1 rings (SSSR count). The van der Waals surface area contributed by atoms with Crippen LogP contribution < -0.4 is 0 Å². The molecule has 11 heavy (non-hydrogen) atoms. The van der Waals surface area contributed by atoms with E-state index in [9.17, 15) is 0 Å². The van der Waals surface area contributed by atoms with Gasteiger partial charge in [-0.2, -0.15) is 0 Å². The zero-order valence-corrected chi connectivity index (χ0v) is 6.64. The number of hydrogen-bond acceptors (Lipinski definition) is 2. The average Bonchev–Trinajstić information content (AvgIpc) is 2.32. The minimum atomic E-state index is 0.118. The van der Waals surface area contributed by atoms with Gasteiger partial charge in [0.05, 0.1) is 0 Å². The number of aliphatic hydroxyl groups is 1. The fraction of sp³-hybridized carbons (Fsp3) is 1.00. The molecule has 0 spiro atoms. The lowest BCUT2D eigenvalue weighted by Gasteiger charge is -2.09. The lowest BCUT2D eigenvalue weighted by atomic mass is 10.00. The topological polar surface area (TPSA) is 69.0 Å². The molecule has 0 saturated heterocycles. The first-order valence-corrected chi connectivity index (χ1v) is 3.93. The molecule has 0 aromatic rings. The Bertz CT molecular complexity index is 177. The van der Waals surface area contributed by atoms with Gasteiger partial charge in [0.15, 0.2) is 0 Å². The summed E-state index contributed by atoms with van der Waals surface area (Å²) in [7, 11) is 0. The summed E-state index contributed by atoms with van der Waals surface area (Å²) in [6.07, 6.45) is 1.77. The van der Waals surface area contributed by atoms with Crippen LogP contribution in [0.3, 0.4) is 0 Å². The molecule has 0 aromatic carbocycles. The maximum atomic E-state index is 8.89. The molecule has 1 saturated carbocycles. The fourth-order valence-electron chi connectivity index (χ4n) is 1.72. The lowest BCUT2D eigenvalue weighted by molar-refractivity contribution is 0.201. The number of nitrogens with zero attached hydrogens (tertiary/aromatic N) is 3. The van der Waals surface area contributed by atoms with E-state index in [1.165, 1.54) is 0 Å². The zero-order valence-electron chi connectivity index (χ0n) is 6.64. The molecule has 3 atom stereocenters. The molecule has 1 fully saturated rings. The van der Waals surface area contributed by atoms with Gasteiger partial charge in [-0.3, -0.25) is 0 Å². The van der Waals surface area contributed by atoms with Gasteiger partial charge in [-0.05, 0) is 30.2 Å². The molecule has 0 heterocycles. The molecule has 0 unspecified atom stereocenters. The predicted octanol–water partition coefficient (Wildman–Crippen LogP) is 1.70. The van der Waals surface area contributed by atoms with Crippen molar-refractivity contribution in [2.24, 2.45) is 17.0 Å². The third-order valence-electron chi connectivity index (χ3n) is 2.47. The van der Waals surface area contributed by atoms with Crippen LogP contribution in [0.1, 0.15) is 19.8 Å². The van der Waals surface area contributed by atoms with Crippen molar-refractivity contribution in [1.82, 2.24) is 0 Å². The van der Waals surface area contributed by atoms with Gasteiger partial charge >= 0.3 is 0 Å². The molecule has 0 aromatic heterocycles. The smallest absolute Gasteiger partial charge is 0.0461 e. The molecule has 62 valence electrons. The molecule has 0 aliphatic heterocycles. The highest BCUT2D eigenvalue weighted by atomic mass is 16.3. The maximum absolute atomic E-state index is 8.89. The number of rotatable bonds is 2. The highest BCUT2D eigenvalue weighted by molar-refractivity contribution is 4.84. The van der Waals surface area contributed by atoms with Gasteiger partial charge in [0.25, 0.3) is 0 Å². The van der Waals surface area contributed by atoms with Gasteiger partial charge < -0.3 is 5.11 Å². The van der Waals surface area contributed by atoms with E-state index < -0.39 is 0 Å². The SMILES string of the molecule is C[C@H]1C[C@H](N=[N+]=[N-])C[C@H]1CO. The summed E-state index contributed by atoms with van der Waals surface area (Å²) in [5.41, 5.74) is 8.17. The van der Waals surface area contributed by atoms with Crippen molar-refractivity contribution in [3.05, 3.63) is 10.4 Å². The first kappa shape index (κ1) is 8.37. The Morgan fingerprint density at radius 1 is 1.64 bits per heavy atom. The van der Waals surface area contributed by atoms with E-state index in [2.05, 4.69) is 16.9 Å². The number of aliphatic hydroxyl groups excluding tert-OH is 1. The second-order valence-electron chi connectivity index (χ2n) is 3.25. The highest BCUT2D eigenvalue weighted by Gasteiger charge is 2.29. The van der Waals surface area contributed by atoms with Crippen molar-refractivity contribution in [3.63, 3.8) is 0 Å². The Hall–Kier alpha value is -0.730. The summed E-state index contributed by atoms with van der Waals surface area (Å²) in [6, 6.07) is 0.118. The van der Waals surface area contributed by atoms with Crippen molar-refractivity contribution >= 4 is 0 Å². The molecule has 4 heteroatoms. The van der Waals surface area contributed by atoms with Crippen molar-refractivity contribution in [3.8, 4) is 0 Å². The Kier molecular flexibility index (Phi) is 2.74. The van der Waals surface area contributed by atoms with Gasteiger partial charge in [0, 0.05) is 17.6 Å². The van der Waals surface area contributed by atoms with E-state index in [0.29, 0.717) is 11.8 Å². The first-order valence-electron chi connectivity index (χ1n) is 3.93. The van der Waals surface area contributed by atoms with Crippen LogP contribution in [0.4, 0.5) is 0 Å². The van der Waals surface area contributed by atoms with Crippen molar-refractivity contribution in [2.45, 2.75) is 25.8 Å². The quantitative estimate of drug-likeness (QED) is 0.368. The van der Waals surface area contributed by atoms with E-state index in [1.807, 2.05) is 0 Å². The molecule has 1 N–H and O–H groups in total. The number of azide groups is 1. The third-order valence-corrected chi connectivity index (χ3v) is 2.47. The molecule has 1 aliphatic rings. The summed E-state index contributed by atoms with van der Waals surface area (Å²) >= 11 is 0. The Labute approximate surface area is 65.9 Å². The molecule has 4 nitrogen and oxygen atoms in total. The first-order chi connectivity index (χ1) is 5.27. The van der Waals surface area contributed by atoms with Gasteiger partial charge in [-0.25, -0.2) is 0 Å². The molecule has 1 aliphatic carbocycles. The van der Waals surface area contributed by atoms with E-state index in [4.69, 9.17) is 10.6 Å². The fourth-order valence-corrected chi connectivity index (χ4v) is 1.72. The van der Waals surface area contributed by atoms with Gasteiger partial charge in [0.2, 0.25) is 0 Å². The Morgan fingerprint density at radius 2 is 2.36 bits per heavy atom. The van der Waals surface area contributed by atoms with E-state index in [0.717, 1.165) is 12.8 Å². The highest BCUT2D eigenvalue weighted by Crippen LogP contribution is 2.32. The van der Waals surface area contributed by atoms with Crippen LogP contribution >= 0.6 is 0 Å². The summed E-state index contributed by atoms with van der Waals surface area (Å²) in [6.45, 7) is 2.31. The molecule has 0 bridgehead atoms. The summed E-state index contributed by atoms with van der Waals surface area (Å²) < 4.78 is 0. The molecular formula is C7H13N3O. The largest absolute Gasteiger partial charge is 0.396 e. The van der Waals surface area contributed by atoms with Crippen molar-refractivity contribution in [1.29, 1.82) is 0 Å². The van der Waals surface area contributed by atoms with Gasteiger partial charge in [-0.1, -0.05) is 12.0 Å². The van der Waals surface area contributed by atoms with Crippen LogP contribution in [0, 0.1) is 11.8 Å². The second kappa shape index (κ2) is 3.60. The van der Waals surface area contributed by atoms with E-state index >= 15 is 0 Å². The molecular weight excluding hydrogens is 142 g/mol. The van der Waals surface area contributed by atoms with Crippen molar-refractivity contribution in [2.75, 3.05) is 6.61 Å². The Morgan fingerprint density at radius 3 is 2.82 bits per heavy atom. The molecule has 0 radical (unpaired) electrons. The number of hydrogen-bond donors (Lipinski definition) is 1. The maximum Gasteiger partial charge on any atom is 0.0461 e. The predicted molar refractivity (Wildman–Crippen MR) is 41.9 cm³/mol. The molecule has 0 amide bonds. The van der Waals surface area contributed by atoms with Crippen LogP contribution in [0.2, 0.25) is 0 Å². The Balaban J connectivity index is 2.48. The van der Waals surface area contributed by atoms with E-state index in [-0.39, 0.29) is 12.6 Å². The standard InChI is InChI=1S/C7H13N3O/c1-5-2-7(9-10-8)3-6(5)4-11/h5-7,11H,2-4H2,1H3/t5-,6-,7-/m0/s1. The van der Waals surface area contributed by atoms with E-state index in [1.54, 1.807) is 0 Å². The van der Waals surface area contributed by atoms with Gasteiger partial charge in [0.1, 0.15) is 0 Å². The summed E-state index contributed by atoms with van der Waals surface area (Å²) in [5.74, 6) is 0.834. The third kappa shape index (κ3) is 1.85. The minimum absolute atomic E-state index is 0.118. The summed E-state index contributed by atoms with van der Waals surface area (Å²) in [4.78, 5) is 2.76.